The summed E-state index contributed by atoms with van der Waals surface area (Å²) in [7, 11) is 0. The number of carbonyl (C=O) groups is 2. The molecule has 1 atom stereocenters. The Morgan fingerprint density at radius 2 is 1.32 bits per heavy atom. The lowest BCUT2D eigenvalue weighted by Gasteiger charge is -2.43. The third-order valence-electron chi connectivity index (χ3n) is 12.0. The summed E-state index contributed by atoms with van der Waals surface area (Å²) in [5.74, 6) is 0.252. The highest BCUT2D eigenvalue weighted by molar-refractivity contribution is 6.30. The van der Waals surface area contributed by atoms with E-state index >= 15 is 0 Å². The highest BCUT2D eigenvalue weighted by Gasteiger charge is 2.33. The molecule has 12 nitrogen and oxygen atoms in total. The Bertz CT molecular complexity index is 2590. The van der Waals surface area contributed by atoms with Gasteiger partial charge in [0.15, 0.2) is 0 Å². The Morgan fingerprint density at radius 1 is 0.714 bits per heavy atom. The molecule has 2 saturated heterocycles. The van der Waals surface area contributed by atoms with Crippen LogP contribution in [-0.2, 0) is 35.8 Å². The van der Waals surface area contributed by atoms with E-state index in [0.29, 0.717) is 62.0 Å². The fraction of sp³-hybridized carbons (Fsp3) is 0.320. The Kier molecular flexibility index (Phi) is 14.6. The van der Waals surface area contributed by atoms with E-state index in [1.54, 1.807) is 12.5 Å². The van der Waals surface area contributed by atoms with E-state index in [0.717, 1.165) is 60.6 Å². The van der Waals surface area contributed by atoms with Crippen molar-refractivity contribution in [3.8, 4) is 12.1 Å². The second-order valence-electron chi connectivity index (χ2n) is 16.3. The number of aryl methyl sites for hydroxylation is 1. The molecule has 13 heteroatoms. The zero-order valence-electron chi connectivity index (χ0n) is 36.2. The summed E-state index contributed by atoms with van der Waals surface area (Å²) >= 11 is 6.08. The quantitative estimate of drug-likeness (QED) is 0.114. The van der Waals surface area contributed by atoms with E-state index in [9.17, 15) is 9.59 Å². The van der Waals surface area contributed by atoms with Crippen molar-refractivity contribution in [3.05, 3.63) is 166 Å². The average Bonchev–Trinajstić information content (AvgIpc) is 3.94. The minimum Gasteiger partial charge on any atom is -0.360 e. The molecule has 8 rings (SSSR count). The van der Waals surface area contributed by atoms with E-state index in [1.165, 1.54) is 16.8 Å². The number of hydrogen-bond acceptors (Lipinski definition) is 8. The lowest BCUT2D eigenvalue weighted by Crippen LogP contribution is -2.56. The first-order valence-corrected chi connectivity index (χ1v) is 21.8. The lowest BCUT2D eigenvalue weighted by molar-refractivity contribution is -0.135. The number of halogens is 1. The van der Waals surface area contributed by atoms with Crippen molar-refractivity contribution < 1.29 is 9.59 Å². The van der Waals surface area contributed by atoms with E-state index in [4.69, 9.17) is 22.1 Å². The predicted molar refractivity (Wildman–Crippen MR) is 246 cm³/mol. The molecular formula is C50H53ClN10O2. The van der Waals surface area contributed by atoms with Crippen LogP contribution in [0.4, 0.5) is 11.4 Å². The van der Waals surface area contributed by atoms with Crippen molar-refractivity contribution in [2.24, 2.45) is 0 Å². The largest absolute Gasteiger partial charge is 0.360 e. The second-order valence-corrected chi connectivity index (χ2v) is 16.7. The number of piperazine rings is 2. The van der Waals surface area contributed by atoms with Crippen LogP contribution in [0.2, 0.25) is 5.02 Å². The molecule has 0 saturated carbocycles. The number of nitrogens with zero attached hydrogens (tertiary/aromatic N) is 10. The number of anilines is 2. The van der Waals surface area contributed by atoms with Gasteiger partial charge in [-0.25, -0.2) is 9.97 Å². The zero-order valence-corrected chi connectivity index (χ0v) is 37.0. The number of imidazole rings is 2. The van der Waals surface area contributed by atoms with Crippen LogP contribution in [-0.4, -0.2) is 79.5 Å². The van der Waals surface area contributed by atoms with Crippen LogP contribution in [0.5, 0.6) is 0 Å². The Labute approximate surface area is 375 Å². The molecular weight excluding hydrogens is 808 g/mol. The molecule has 2 aromatic heterocycles. The van der Waals surface area contributed by atoms with Crippen LogP contribution in [0.1, 0.15) is 71.0 Å². The number of rotatable bonds is 13. The van der Waals surface area contributed by atoms with Gasteiger partial charge in [-0.2, -0.15) is 10.5 Å². The summed E-state index contributed by atoms with van der Waals surface area (Å²) in [6.45, 7) is 11.9. The summed E-state index contributed by atoms with van der Waals surface area (Å²) in [6.07, 6.45) is 10.5. The van der Waals surface area contributed by atoms with Gasteiger partial charge in [0.1, 0.15) is 0 Å². The summed E-state index contributed by atoms with van der Waals surface area (Å²) < 4.78 is 4.14. The topological polar surface area (TPSA) is 130 Å². The van der Waals surface area contributed by atoms with Gasteiger partial charge in [0, 0.05) is 67.6 Å². The molecule has 0 unspecified atom stereocenters. The number of amides is 2. The van der Waals surface area contributed by atoms with E-state index in [2.05, 4.69) is 80.3 Å². The van der Waals surface area contributed by atoms with Gasteiger partial charge in [-0.3, -0.25) is 9.59 Å². The number of benzene rings is 4. The molecule has 6 aromatic rings. The van der Waals surface area contributed by atoms with Gasteiger partial charge in [0.2, 0.25) is 11.8 Å². The molecule has 4 aromatic carbocycles. The van der Waals surface area contributed by atoms with E-state index in [-0.39, 0.29) is 17.9 Å². The summed E-state index contributed by atoms with van der Waals surface area (Å²) in [4.78, 5) is 43.0. The third-order valence-corrected chi connectivity index (χ3v) is 12.2. The van der Waals surface area contributed by atoms with Crippen molar-refractivity contribution in [1.82, 2.24) is 28.9 Å². The first kappa shape index (κ1) is 44.2. The van der Waals surface area contributed by atoms with Crippen molar-refractivity contribution in [2.45, 2.75) is 72.3 Å². The highest BCUT2D eigenvalue weighted by atomic mass is 35.5. The standard InChI is InChI=1S/C28H33N5O.C22H20ClN5O/c1-4-5-8-25-17-31(27-9-6-7-21(2)22(27)3)19-28(34)33(25)18-26-15-30-20-32(26)16-24-12-10-23(14-29)11-13-24;23-19-2-1-3-20(10-19)26-8-9-27(22(29)15-26)14-21-12-25-16-28(21)13-18-6-4-17(11-24)5-7-18/h6-7,9-13,15,20,25H,4-5,8,16-19H2,1-3H3;1-7,10,12,16H,8-9,13-15H2/t25-;/m0./s1. The molecule has 2 fully saturated rings. The van der Waals surface area contributed by atoms with Gasteiger partial charge in [0.25, 0.3) is 0 Å². The molecule has 63 heavy (non-hydrogen) atoms. The average molecular weight is 861 g/mol. The third kappa shape index (κ3) is 11.1. The van der Waals surface area contributed by atoms with Crippen molar-refractivity contribution in [2.75, 3.05) is 42.5 Å². The second kappa shape index (κ2) is 20.8. The maximum absolute atomic E-state index is 13.4. The summed E-state index contributed by atoms with van der Waals surface area (Å²) in [5, 5.41) is 18.6. The van der Waals surface area contributed by atoms with Gasteiger partial charge < -0.3 is 28.7 Å². The molecule has 0 radical (unpaired) electrons. The fourth-order valence-electron chi connectivity index (χ4n) is 8.19. The first-order valence-electron chi connectivity index (χ1n) is 21.5. The van der Waals surface area contributed by atoms with Crippen LogP contribution in [0.15, 0.2) is 116 Å². The van der Waals surface area contributed by atoms with E-state index in [1.807, 2.05) is 94.8 Å². The molecule has 2 amide bonds. The first-order chi connectivity index (χ1) is 30.6. The molecule has 2 aliphatic rings. The lowest BCUT2D eigenvalue weighted by atomic mass is 10.0. The van der Waals surface area contributed by atoms with Crippen LogP contribution in [0, 0.1) is 36.5 Å². The summed E-state index contributed by atoms with van der Waals surface area (Å²) in [5.41, 5.74) is 10.1. The van der Waals surface area contributed by atoms with Crippen molar-refractivity contribution in [1.29, 1.82) is 10.5 Å². The maximum Gasteiger partial charge on any atom is 0.242 e. The van der Waals surface area contributed by atoms with Crippen LogP contribution < -0.4 is 9.80 Å². The Morgan fingerprint density at radius 3 is 1.90 bits per heavy atom. The van der Waals surface area contributed by atoms with Gasteiger partial charge in [-0.05, 0) is 91.1 Å². The minimum absolute atomic E-state index is 0.0855. The normalized spacial score (nSPS) is 15.2. The van der Waals surface area contributed by atoms with Gasteiger partial charge in [-0.1, -0.05) is 73.8 Å². The van der Waals surface area contributed by atoms with Crippen molar-refractivity contribution >= 4 is 34.8 Å². The number of aromatic nitrogens is 4. The monoisotopic (exact) mass is 860 g/mol. The van der Waals surface area contributed by atoms with Crippen LogP contribution in [0.25, 0.3) is 0 Å². The van der Waals surface area contributed by atoms with Crippen LogP contribution >= 0.6 is 11.6 Å². The smallest absolute Gasteiger partial charge is 0.242 e. The highest BCUT2D eigenvalue weighted by Crippen LogP contribution is 2.28. The predicted octanol–water partition coefficient (Wildman–Crippen LogP) is 8.13. The van der Waals surface area contributed by atoms with Crippen LogP contribution in [0.3, 0.4) is 0 Å². The Balaban J connectivity index is 0.000000191. The zero-order chi connectivity index (χ0) is 44.3. The molecule has 2 aliphatic heterocycles. The maximum atomic E-state index is 13.4. The van der Waals surface area contributed by atoms with Crippen molar-refractivity contribution in [3.63, 3.8) is 0 Å². The minimum atomic E-state index is 0.0855. The van der Waals surface area contributed by atoms with Gasteiger partial charge in [-0.15, -0.1) is 0 Å². The molecule has 322 valence electrons. The summed E-state index contributed by atoms with van der Waals surface area (Å²) in [6, 6.07) is 33.5. The molecule has 0 aliphatic carbocycles. The molecule has 0 N–H and O–H groups in total. The van der Waals surface area contributed by atoms with Gasteiger partial charge in [0.05, 0.1) is 73.5 Å². The molecule has 4 heterocycles. The number of hydrogen-bond donors (Lipinski definition) is 0. The number of nitriles is 2. The number of unbranched alkanes of at least 4 members (excludes halogenated alkanes) is 1. The molecule has 0 bridgehead atoms. The number of carbonyl (C=O) groups excluding carboxylic acids is 2. The SMILES string of the molecule is CCCC[C@H]1CN(c2cccc(C)c2C)CC(=O)N1Cc1cncn1Cc1ccc(C#N)cc1.N#Cc1ccc(Cn2cncc2CN2CCN(c3cccc(Cl)c3)CC2=O)cc1. The molecule has 0 spiro atoms. The fourth-order valence-corrected chi connectivity index (χ4v) is 8.37. The van der Waals surface area contributed by atoms with E-state index < -0.39 is 0 Å². The Hall–Kier alpha value is -6.89. The van der Waals surface area contributed by atoms with Gasteiger partial charge >= 0.3 is 0 Å².